The van der Waals surface area contributed by atoms with Crippen LogP contribution in [-0.2, 0) is 14.3 Å². The molecular weight excluding hydrogens is 196 g/mol. The first kappa shape index (κ1) is 12.0. The van der Waals surface area contributed by atoms with Gasteiger partial charge in [0, 0.05) is 13.7 Å². The predicted octanol–water partition coefficient (Wildman–Crippen LogP) is -0.256. The fourth-order valence-electron chi connectivity index (χ4n) is 2.15. The zero-order valence-corrected chi connectivity index (χ0v) is 9.18. The molecule has 0 aliphatic carbocycles. The number of hydrogen-bond acceptors (Lipinski definition) is 3. The van der Waals surface area contributed by atoms with Gasteiger partial charge in [-0.3, -0.25) is 9.59 Å². The topological polar surface area (TPSA) is 72.6 Å². The van der Waals surface area contributed by atoms with E-state index in [1.807, 2.05) is 0 Å². The maximum absolute atomic E-state index is 11.1. The average molecular weight is 214 g/mol. The smallest absolute Gasteiger partial charge is 0.222 e. The number of carbonyl (C=O) groups is 2. The Labute approximate surface area is 89.6 Å². The van der Waals surface area contributed by atoms with Gasteiger partial charge in [0.1, 0.15) is 0 Å². The Balaban J connectivity index is 2.72. The normalized spacial score (nSPS) is 24.9. The van der Waals surface area contributed by atoms with Crippen LogP contribution in [0.5, 0.6) is 0 Å². The van der Waals surface area contributed by atoms with E-state index >= 15 is 0 Å². The third kappa shape index (κ3) is 2.47. The molecule has 1 aliphatic heterocycles. The summed E-state index contributed by atoms with van der Waals surface area (Å²) in [5.41, 5.74) is 5.24. The van der Waals surface area contributed by atoms with E-state index in [4.69, 9.17) is 10.5 Å². The Bertz CT molecular complexity index is 245. The molecule has 0 radical (unpaired) electrons. The number of methoxy groups -OCH3 is 1. The molecule has 0 saturated carbocycles. The first-order chi connectivity index (χ1) is 7.11. The number of amides is 2. The minimum absolute atomic E-state index is 0.0185. The van der Waals surface area contributed by atoms with Gasteiger partial charge in [0.25, 0.3) is 0 Å². The van der Waals surface area contributed by atoms with Crippen LogP contribution in [0.15, 0.2) is 0 Å². The fourth-order valence-corrected chi connectivity index (χ4v) is 2.15. The van der Waals surface area contributed by atoms with Crippen molar-refractivity contribution in [2.45, 2.75) is 31.9 Å². The van der Waals surface area contributed by atoms with E-state index in [1.165, 1.54) is 0 Å². The molecule has 0 aromatic heterocycles. The van der Waals surface area contributed by atoms with Crippen molar-refractivity contribution >= 4 is 12.3 Å². The summed E-state index contributed by atoms with van der Waals surface area (Å²) in [4.78, 5) is 23.6. The third-order valence-electron chi connectivity index (χ3n) is 3.07. The van der Waals surface area contributed by atoms with Crippen LogP contribution in [0.1, 0.15) is 19.8 Å². The van der Waals surface area contributed by atoms with Gasteiger partial charge in [-0.05, 0) is 12.8 Å². The molecule has 1 rings (SSSR count). The lowest BCUT2D eigenvalue weighted by Gasteiger charge is -2.30. The molecule has 0 aromatic rings. The van der Waals surface area contributed by atoms with Gasteiger partial charge in [-0.25, -0.2) is 0 Å². The van der Waals surface area contributed by atoms with Gasteiger partial charge >= 0.3 is 0 Å². The number of rotatable bonds is 5. The van der Waals surface area contributed by atoms with E-state index in [-0.39, 0.29) is 24.0 Å². The molecule has 5 heteroatoms. The zero-order valence-electron chi connectivity index (χ0n) is 9.18. The van der Waals surface area contributed by atoms with Crippen molar-refractivity contribution in [3.63, 3.8) is 0 Å². The summed E-state index contributed by atoms with van der Waals surface area (Å²) >= 11 is 0. The van der Waals surface area contributed by atoms with Crippen LogP contribution < -0.4 is 5.73 Å². The Morgan fingerprint density at radius 1 is 1.67 bits per heavy atom. The summed E-state index contributed by atoms with van der Waals surface area (Å²) < 4.78 is 5.29. The highest BCUT2D eigenvalue weighted by Gasteiger charge is 2.36. The molecule has 2 amide bonds. The second-order valence-electron chi connectivity index (χ2n) is 3.94. The van der Waals surface area contributed by atoms with Crippen LogP contribution in [0.4, 0.5) is 0 Å². The number of primary amides is 1. The molecule has 0 bridgehead atoms. The Kier molecular flexibility index (Phi) is 4.08. The van der Waals surface area contributed by atoms with Crippen molar-refractivity contribution in [1.82, 2.24) is 4.90 Å². The first-order valence-corrected chi connectivity index (χ1v) is 5.15. The van der Waals surface area contributed by atoms with Gasteiger partial charge in [0.2, 0.25) is 12.3 Å². The molecule has 0 spiro atoms. The summed E-state index contributed by atoms with van der Waals surface area (Å²) in [7, 11) is 1.55. The van der Waals surface area contributed by atoms with Crippen LogP contribution in [0.25, 0.3) is 0 Å². The first-order valence-electron chi connectivity index (χ1n) is 5.15. The maximum Gasteiger partial charge on any atom is 0.222 e. The highest BCUT2D eigenvalue weighted by Crippen LogP contribution is 2.24. The minimum Gasteiger partial charge on any atom is -0.378 e. The van der Waals surface area contributed by atoms with Crippen LogP contribution in [0, 0.1) is 5.92 Å². The number of ether oxygens (including phenoxy) is 1. The van der Waals surface area contributed by atoms with E-state index in [0.717, 1.165) is 25.8 Å². The van der Waals surface area contributed by atoms with Crippen LogP contribution in [-0.4, -0.2) is 43.0 Å². The number of likely N-dealkylation sites (tertiary alicyclic amines) is 1. The molecule has 86 valence electrons. The molecule has 0 aromatic carbocycles. The lowest BCUT2D eigenvalue weighted by molar-refractivity contribution is -0.131. The van der Waals surface area contributed by atoms with E-state index in [0.29, 0.717) is 0 Å². The van der Waals surface area contributed by atoms with E-state index in [2.05, 4.69) is 0 Å². The third-order valence-corrected chi connectivity index (χ3v) is 3.07. The highest BCUT2D eigenvalue weighted by atomic mass is 16.5. The Morgan fingerprint density at radius 3 is 2.80 bits per heavy atom. The lowest BCUT2D eigenvalue weighted by atomic mass is 9.95. The maximum atomic E-state index is 11.1. The van der Waals surface area contributed by atoms with Gasteiger partial charge in [0.15, 0.2) is 0 Å². The second-order valence-corrected chi connectivity index (χ2v) is 3.94. The summed E-state index contributed by atoms with van der Waals surface area (Å²) in [6.07, 6.45) is 2.34. The molecule has 1 heterocycles. The van der Waals surface area contributed by atoms with Gasteiger partial charge in [0.05, 0.1) is 18.1 Å². The zero-order chi connectivity index (χ0) is 11.4. The number of hydrogen-bond donors (Lipinski definition) is 1. The second kappa shape index (κ2) is 5.11. The van der Waals surface area contributed by atoms with Gasteiger partial charge in [-0.2, -0.15) is 0 Å². The van der Waals surface area contributed by atoms with Crippen molar-refractivity contribution < 1.29 is 14.3 Å². The van der Waals surface area contributed by atoms with Crippen LogP contribution in [0.2, 0.25) is 0 Å². The van der Waals surface area contributed by atoms with Crippen molar-refractivity contribution in [2.24, 2.45) is 11.7 Å². The largest absolute Gasteiger partial charge is 0.378 e. The van der Waals surface area contributed by atoms with Gasteiger partial charge in [-0.15, -0.1) is 0 Å². The van der Waals surface area contributed by atoms with E-state index < -0.39 is 0 Å². The number of carbonyl (C=O) groups excluding carboxylic acids is 2. The van der Waals surface area contributed by atoms with Crippen molar-refractivity contribution in [3.05, 3.63) is 0 Å². The summed E-state index contributed by atoms with van der Waals surface area (Å²) in [6, 6.07) is -0.0185. The molecule has 1 saturated heterocycles. The predicted molar refractivity (Wildman–Crippen MR) is 54.9 cm³/mol. The Morgan fingerprint density at radius 2 is 2.33 bits per heavy atom. The van der Waals surface area contributed by atoms with Crippen LogP contribution in [0.3, 0.4) is 0 Å². The molecule has 1 fully saturated rings. The Hall–Kier alpha value is -1.10. The van der Waals surface area contributed by atoms with Crippen molar-refractivity contribution in [3.8, 4) is 0 Å². The van der Waals surface area contributed by atoms with Crippen molar-refractivity contribution in [1.29, 1.82) is 0 Å². The lowest BCUT2D eigenvalue weighted by Crippen LogP contribution is -2.46. The number of nitrogens with zero attached hydrogens (tertiary/aromatic N) is 1. The molecule has 3 atom stereocenters. The van der Waals surface area contributed by atoms with Gasteiger partial charge in [-0.1, -0.05) is 6.92 Å². The van der Waals surface area contributed by atoms with E-state index in [1.54, 1.807) is 18.9 Å². The van der Waals surface area contributed by atoms with E-state index in [9.17, 15) is 9.59 Å². The molecule has 1 aliphatic rings. The van der Waals surface area contributed by atoms with Crippen LogP contribution >= 0.6 is 0 Å². The number of nitrogens with two attached hydrogens (primary N) is 1. The summed E-state index contributed by atoms with van der Waals surface area (Å²) in [5, 5.41) is 0. The molecule has 15 heavy (non-hydrogen) atoms. The average Bonchev–Trinajstić information content (AvgIpc) is 2.66. The summed E-state index contributed by atoms with van der Waals surface area (Å²) in [5.74, 6) is -0.764. The fraction of sp³-hybridized carbons (Fsp3) is 0.800. The molecule has 5 nitrogen and oxygen atoms in total. The SMILES string of the molecule is COC(C(C)C(N)=O)C1CCCN1C=O. The summed E-state index contributed by atoms with van der Waals surface area (Å²) in [6.45, 7) is 2.47. The standard InChI is InChI=1S/C10H18N2O3/c1-7(10(11)14)9(15-2)8-4-3-5-12(8)6-13/h6-9H,3-5H2,1-2H3,(H2,11,14). The molecular formula is C10H18N2O3. The molecule has 2 N–H and O–H groups in total. The quantitative estimate of drug-likeness (QED) is 0.641. The minimum atomic E-state index is -0.389. The highest BCUT2D eigenvalue weighted by molar-refractivity contribution is 5.77. The monoisotopic (exact) mass is 214 g/mol. The van der Waals surface area contributed by atoms with Gasteiger partial charge < -0.3 is 15.4 Å². The van der Waals surface area contributed by atoms with Crippen molar-refractivity contribution in [2.75, 3.05) is 13.7 Å². The molecule has 3 unspecified atom stereocenters.